The van der Waals surface area contributed by atoms with E-state index < -0.39 is 5.91 Å². The van der Waals surface area contributed by atoms with E-state index in [1.54, 1.807) is 17.1 Å². The number of aromatic amines is 1. The number of nitrogens with zero attached hydrogens (tertiary/aromatic N) is 4. The zero-order valence-electron chi connectivity index (χ0n) is 11.5. The Morgan fingerprint density at radius 1 is 1.35 bits per heavy atom. The van der Waals surface area contributed by atoms with Crippen molar-refractivity contribution < 1.29 is 4.79 Å². The lowest BCUT2D eigenvalue weighted by atomic mass is 10.1. The highest BCUT2D eigenvalue weighted by Crippen LogP contribution is 2.32. The van der Waals surface area contributed by atoms with Gasteiger partial charge in [0.1, 0.15) is 11.0 Å². The molecule has 114 valence electrons. The van der Waals surface area contributed by atoms with Crippen LogP contribution in [-0.4, -0.2) is 30.6 Å². The number of halogens is 1. The maximum atomic E-state index is 11.3. The summed E-state index contributed by atoms with van der Waals surface area (Å²) in [7, 11) is 0. The maximum absolute atomic E-state index is 11.3. The van der Waals surface area contributed by atoms with E-state index in [-0.39, 0.29) is 5.01 Å². The van der Waals surface area contributed by atoms with Crippen molar-refractivity contribution >= 4 is 39.2 Å². The van der Waals surface area contributed by atoms with Crippen LogP contribution in [0.5, 0.6) is 0 Å². The van der Waals surface area contributed by atoms with E-state index in [0.717, 1.165) is 16.0 Å². The van der Waals surface area contributed by atoms with Gasteiger partial charge in [0.25, 0.3) is 5.91 Å². The van der Waals surface area contributed by atoms with E-state index in [4.69, 9.17) is 17.3 Å². The summed E-state index contributed by atoms with van der Waals surface area (Å²) in [6.07, 6.45) is 3.34. The molecule has 0 aliphatic heterocycles. The van der Waals surface area contributed by atoms with Crippen molar-refractivity contribution in [2.24, 2.45) is 5.73 Å². The molecule has 0 radical (unpaired) electrons. The lowest BCUT2D eigenvalue weighted by Crippen LogP contribution is -2.10. The fourth-order valence-electron chi connectivity index (χ4n) is 2.30. The molecule has 4 aromatic rings. The minimum absolute atomic E-state index is 0.231. The first-order valence-electron chi connectivity index (χ1n) is 6.57. The fourth-order valence-corrected chi connectivity index (χ4v) is 3.39. The highest BCUT2D eigenvalue weighted by atomic mass is 35.5. The van der Waals surface area contributed by atoms with Crippen LogP contribution in [0.4, 0.5) is 0 Å². The number of carbonyl (C=O) groups is 1. The van der Waals surface area contributed by atoms with Crippen LogP contribution < -0.4 is 5.73 Å². The van der Waals surface area contributed by atoms with Crippen molar-refractivity contribution in [3.05, 3.63) is 46.8 Å². The van der Waals surface area contributed by atoms with E-state index in [9.17, 15) is 4.79 Å². The predicted octanol–water partition coefficient (Wildman–Crippen LogP) is 2.62. The molecule has 7 nitrogen and oxygen atoms in total. The highest BCUT2D eigenvalue weighted by molar-refractivity contribution is 7.20. The molecule has 0 aliphatic rings. The fraction of sp³-hybridized carbons (Fsp3) is 0. The largest absolute Gasteiger partial charge is 0.364 e. The first-order chi connectivity index (χ1) is 11.1. The van der Waals surface area contributed by atoms with Crippen molar-refractivity contribution in [2.45, 2.75) is 0 Å². The molecule has 0 atom stereocenters. The summed E-state index contributed by atoms with van der Waals surface area (Å²) in [5, 5.41) is 7.91. The normalized spacial score (nSPS) is 11.2. The predicted molar refractivity (Wildman–Crippen MR) is 87.9 cm³/mol. The van der Waals surface area contributed by atoms with Gasteiger partial charge in [-0.1, -0.05) is 29.8 Å². The number of primary amides is 1. The summed E-state index contributed by atoms with van der Waals surface area (Å²) in [4.78, 5) is 19.6. The van der Waals surface area contributed by atoms with Gasteiger partial charge in [-0.15, -0.1) is 11.3 Å². The molecule has 23 heavy (non-hydrogen) atoms. The monoisotopic (exact) mass is 344 g/mol. The third-order valence-electron chi connectivity index (χ3n) is 3.33. The Balaban J connectivity index is 1.91. The number of carbonyl (C=O) groups excluding carboxylic acids is 1. The molecule has 0 saturated carbocycles. The summed E-state index contributed by atoms with van der Waals surface area (Å²) in [6.45, 7) is 0. The number of amides is 1. The van der Waals surface area contributed by atoms with Gasteiger partial charge in [-0.25, -0.2) is 9.97 Å². The molecule has 0 saturated heterocycles. The number of nitrogens with two attached hydrogens (primary N) is 1. The summed E-state index contributed by atoms with van der Waals surface area (Å²) in [5.41, 5.74) is 7.42. The van der Waals surface area contributed by atoms with Crippen LogP contribution in [0.2, 0.25) is 5.02 Å². The van der Waals surface area contributed by atoms with Crippen molar-refractivity contribution in [2.75, 3.05) is 0 Å². The SMILES string of the molecule is NC(=O)c1nc2[nH]nc(-n3cncc3-c3ccccc3Cl)c2s1. The Bertz CT molecular complexity index is 1030. The molecule has 1 amide bonds. The average molecular weight is 345 g/mol. The molecule has 4 rings (SSSR count). The number of H-pyrrole nitrogens is 1. The maximum Gasteiger partial charge on any atom is 0.277 e. The van der Waals surface area contributed by atoms with Gasteiger partial charge in [0, 0.05) is 10.6 Å². The molecule has 9 heteroatoms. The van der Waals surface area contributed by atoms with Gasteiger partial charge in [0.05, 0.1) is 11.9 Å². The number of hydrogen-bond donors (Lipinski definition) is 2. The van der Waals surface area contributed by atoms with Gasteiger partial charge in [-0.3, -0.25) is 14.5 Å². The van der Waals surface area contributed by atoms with Crippen molar-refractivity contribution in [3.63, 3.8) is 0 Å². The van der Waals surface area contributed by atoms with Crippen LogP contribution >= 0.6 is 22.9 Å². The lowest BCUT2D eigenvalue weighted by Gasteiger charge is -2.06. The number of thiazole rings is 1. The van der Waals surface area contributed by atoms with Crippen LogP contribution in [0.25, 0.3) is 27.4 Å². The van der Waals surface area contributed by atoms with Gasteiger partial charge < -0.3 is 5.73 Å². The summed E-state index contributed by atoms with van der Waals surface area (Å²) >= 11 is 7.46. The molecule has 0 unspecified atom stereocenters. The van der Waals surface area contributed by atoms with Crippen molar-refractivity contribution in [1.82, 2.24) is 24.7 Å². The summed E-state index contributed by atoms with van der Waals surface area (Å²) in [6, 6.07) is 7.48. The van der Waals surface area contributed by atoms with Crippen LogP contribution in [0.3, 0.4) is 0 Å². The second-order valence-electron chi connectivity index (χ2n) is 4.74. The lowest BCUT2D eigenvalue weighted by molar-refractivity contribution is 0.1000. The van der Waals surface area contributed by atoms with Crippen LogP contribution in [-0.2, 0) is 0 Å². The first kappa shape index (κ1) is 13.9. The molecule has 1 aromatic carbocycles. The number of imidazole rings is 1. The molecule has 0 aliphatic carbocycles. The number of hydrogen-bond acceptors (Lipinski definition) is 5. The molecular formula is C14H9ClN6OS. The second kappa shape index (κ2) is 5.18. The Morgan fingerprint density at radius 3 is 2.96 bits per heavy atom. The molecular weight excluding hydrogens is 336 g/mol. The number of fused-ring (bicyclic) bond motifs is 1. The van der Waals surface area contributed by atoms with E-state index >= 15 is 0 Å². The average Bonchev–Trinajstić information content (AvgIpc) is 3.21. The third-order valence-corrected chi connectivity index (χ3v) is 4.72. The van der Waals surface area contributed by atoms with Gasteiger partial charge >= 0.3 is 0 Å². The number of nitrogens with one attached hydrogen (secondary N) is 1. The minimum atomic E-state index is -0.567. The topological polar surface area (TPSA) is 102 Å². The van der Waals surface area contributed by atoms with Crippen LogP contribution in [0, 0.1) is 0 Å². The molecule has 0 bridgehead atoms. The first-order valence-corrected chi connectivity index (χ1v) is 7.77. The number of aromatic nitrogens is 5. The zero-order valence-corrected chi connectivity index (χ0v) is 13.1. The molecule has 3 N–H and O–H groups in total. The Hall–Kier alpha value is -2.71. The zero-order chi connectivity index (χ0) is 16.0. The van der Waals surface area contributed by atoms with Crippen molar-refractivity contribution in [3.8, 4) is 17.1 Å². The van der Waals surface area contributed by atoms with Gasteiger partial charge in [-0.2, -0.15) is 5.10 Å². The molecule has 0 spiro atoms. The van der Waals surface area contributed by atoms with E-state index in [0.29, 0.717) is 16.5 Å². The van der Waals surface area contributed by atoms with E-state index in [1.807, 2.05) is 24.3 Å². The number of benzene rings is 1. The Kier molecular flexibility index (Phi) is 3.14. The summed E-state index contributed by atoms with van der Waals surface area (Å²) < 4.78 is 2.52. The molecule has 0 fully saturated rings. The van der Waals surface area contributed by atoms with Crippen LogP contribution in [0.15, 0.2) is 36.8 Å². The minimum Gasteiger partial charge on any atom is -0.364 e. The Labute approximate surface area is 138 Å². The van der Waals surface area contributed by atoms with Crippen molar-refractivity contribution in [1.29, 1.82) is 0 Å². The molecule has 3 aromatic heterocycles. The second-order valence-corrected chi connectivity index (χ2v) is 6.14. The highest BCUT2D eigenvalue weighted by Gasteiger charge is 2.19. The third kappa shape index (κ3) is 2.19. The standard InChI is InChI=1S/C14H9ClN6OS/c15-8-4-2-1-3-7(8)9-5-17-6-21(9)13-10-12(19-20-13)18-14(23-10)11(16)22/h1-6H,(H2,16,22)(H,19,20). The van der Waals surface area contributed by atoms with Crippen LogP contribution in [0.1, 0.15) is 9.80 Å². The van der Waals surface area contributed by atoms with Gasteiger partial charge in [0.2, 0.25) is 0 Å². The van der Waals surface area contributed by atoms with Gasteiger partial charge in [-0.05, 0) is 6.07 Å². The van der Waals surface area contributed by atoms with Gasteiger partial charge in [0.15, 0.2) is 16.5 Å². The summed E-state index contributed by atoms with van der Waals surface area (Å²) in [5.74, 6) is 0.0277. The molecule has 3 heterocycles. The van der Waals surface area contributed by atoms with E-state index in [2.05, 4.69) is 20.2 Å². The van der Waals surface area contributed by atoms with E-state index in [1.165, 1.54) is 11.3 Å². The quantitative estimate of drug-likeness (QED) is 0.596. The number of rotatable bonds is 3. The smallest absolute Gasteiger partial charge is 0.277 e. The Morgan fingerprint density at radius 2 is 2.17 bits per heavy atom.